The van der Waals surface area contributed by atoms with Crippen molar-refractivity contribution >= 4 is 18.0 Å². The number of allylic oxidation sites excluding steroid dienone is 1. The summed E-state index contributed by atoms with van der Waals surface area (Å²) >= 11 is 0. The second-order valence-electron chi connectivity index (χ2n) is 6.53. The fourth-order valence-corrected chi connectivity index (χ4v) is 2.77. The minimum absolute atomic E-state index is 0.0771. The molecule has 3 N–H and O–H groups in total. The third kappa shape index (κ3) is 7.14. The monoisotopic (exact) mass is 397 g/mol. The number of phenols is 1. The highest BCUT2D eigenvalue weighted by molar-refractivity contribution is 6.02. The summed E-state index contributed by atoms with van der Waals surface area (Å²) < 4.78 is 5.52. The number of hydrogen-bond donors (Lipinski definition) is 3. The molecule has 0 saturated carbocycles. The summed E-state index contributed by atoms with van der Waals surface area (Å²) in [6.45, 7) is 1.86. The second-order valence-corrected chi connectivity index (χ2v) is 6.53. The number of nitrogens with one attached hydrogen (secondary N) is 1. The summed E-state index contributed by atoms with van der Waals surface area (Å²) in [5, 5.41) is 20.4. The van der Waals surface area contributed by atoms with Crippen molar-refractivity contribution in [2.45, 2.75) is 25.9 Å². The van der Waals surface area contributed by atoms with Crippen LogP contribution in [0.1, 0.15) is 41.8 Å². The van der Waals surface area contributed by atoms with Crippen LogP contribution in [0.5, 0.6) is 5.75 Å². The molecule has 0 aliphatic carbocycles. The van der Waals surface area contributed by atoms with E-state index in [1.165, 1.54) is 18.2 Å². The first kappa shape index (κ1) is 21.7. The number of imide groups is 1. The van der Waals surface area contributed by atoms with E-state index < -0.39 is 24.1 Å². The number of ether oxygens (including phenoxy) is 1. The molecule has 2 aromatic carbocycles. The largest absolute Gasteiger partial charge is 0.508 e. The lowest BCUT2D eigenvalue weighted by molar-refractivity contribution is -0.131. The lowest BCUT2D eigenvalue weighted by Gasteiger charge is -2.24. The SMILES string of the molecule is C[C@@H](CC/C=C/C(=O)O)[C@@H](OC(=O)NC(=O)c1ccccc1)c1ccc(O)cc1. The van der Waals surface area contributed by atoms with Gasteiger partial charge in [-0.3, -0.25) is 10.1 Å². The van der Waals surface area contributed by atoms with Crippen LogP contribution >= 0.6 is 0 Å². The maximum absolute atomic E-state index is 12.3. The molecule has 152 valence electrons. The predicted octanol–water partition coefficient (Wildman–Crippen LogP) is 4.06. The average molecular weight is 397 g/mol. The zero-order chi connectivity index (χ0) is 21.2. The minimum atomic E-state index is -1.03. The summed E-state index contributed by atoms with van der Waals surface area (Å²) in [5.41, 5.74) is 0.984. The number of benzene rings is 2. The van der Waals surface area contributed by atoms with Crippen LogP contribution in [0.15, 0.2) is 66.7 Å². The summed E-state index contributed by atoms with van der Waals surface area (Å²) in [5.74, 6) is -1.69. The number of aliphatic carboxylic acids is 1. The van der Waals surface area contributed by atoms with Crippen LogP contribution in [-0.2, 0) is 9.53 Å². The van der Waals surface area contributed by atoms with Crippen LogP contribution in [0.2, 0.25) is 0 Å². The molecule has 2 amide bonds. The lowest BCUT2D eigenvalue weighted by atomic mass is 9.93. The van der Waals surface area contributed by atoms with Crippen LogP contribution in [0.3, 0.4) is 0 Å². The van der Waals surface area contributed by atoms with E-state index in [-0.39, 0.29) is 11.7 Å². The highest BCUT2D eigenvalue weighted by atomic mass is 16.6. The Bertz CT molecular complexity index is 861. The molecule has 0 radical (unpaired) electrons. The molecule has 0 aromatic heterocycles. The van der Waals surface area contributed by atoms with Crippen LogP contribution in [-0.4, -0.2) is 28.2 Å². The first-order chi connectivity index (χ1) is 13.9. The molecule has 0 spiro atoms. The van der Waals surface area contributed by atoms with E-state index in [1.807, 2.05) is 6.92 Å². The van der Waals surface area contributed by atoms with E-state index in [2.05, 4.69) is 5.32 Å². The van der Waals surface area contributed by atoms with Crippen molar-refractivity contribution in [1.29, 1.82) is 0 Å². The number of phenolic OH excluding ortho intramolecular Hbond substituents is 1. The minimum Gasteiger partial charge on any atom is -0.508 e. The molecular formula is C22H23NO6. The van der Waals surface area contributed by atoms with Gasteiger partial charge in [0.15, 0.2) is 0 Å². The topological polar surface area (TPSA) is 113 Å². The van der Waals surface area contributed by atoms with E-state index in [0.717, 1.165) is 6.08 Å². The Morgan fingerprint density at radius 3 is 2.34 bits per heavy atom. The summed E-state index contributed by atoms with van der Waals surface area (Å²) in [6, 6.07) is 14.5. The lowest BCUT2D eigenvalue weighted by Crippen LogP contribution is -2.33. The molecule has 0 saturated heterocycles. The molecule has 2 aromatic rings. The Kier molecular flexibility index (Phi) is 7.97. The third-order valence-corrected chi connectivity index (χ3v) is 4.27. The fourth-order valence-electron chi connectivity index (χ4n) is 2.77. The standard InChI is InChI=1S/C22H23NO6/c1-15(7-5-6-10-19(25)26)20(16-11-13-18(24)14-12-16)29-22(28)23-21(27)17-8-3-2-4-9-17/h2-4,6,8-15,20,24H,5,7H2,1H3,(H,25,26)(H,23,27,28)/b10-6+/t15-,20+/m0/s1. The first-order valence-electron chi connectivity index (χ1n) is 9.12. The predicted molar refractivity (Wildman–Crippen MR) is 106 cm³/mol. The summed E-state index contributed by atoms with van der Waals surface area (Å²) in [7, 11) is 0. The van der Waals surface area contributed by atoms with Crippen molar-refractivity contribution in [1.82, 2.24) is 5.32 Å². The zero-order valence-electron chi connectivity index (χ0n) is 15.9. The summed E-state index contributed by atoms with van der Waals surface area (Å²) in [6.07, 6.45) is 2.06. The molecule has 0 aliphatic heterocycles. The maximum atomic E-state index is 12.3. The van der Waals surface area contributed by atoms with Gasteiger partial charge in [-0.1, -0.05) is 43.3 Å². The summed E-state index contributed by atoms with van der Waals surface area (Å²) in [4.78, 5) is 35.0. The number of rotatable bonds is 8. The van der Waals surface area contributed by atoms with Gasteiger partial charge in [0.2, 0.25) is 0 Å². The quantitative estimate of drug-likeness (QED) is 0.579. The Hall–Kier alpha value is -3.61. The highest BCUT2D eigenvalue weighted by Gasteiger charge is 2.24. The Morgan fingerprint density at radius 2 is 1.72 bits per heavy atom. The highest BCUT2D eigenvalue weighted by Crippen LogP contribution is 2.30. The van der Waals surface area contributed by atoms with Crippen molar-refractivity contribution in [3.8, 4) is 5.75 Å². The molecule has 0 unspecified atom stereocenters. The van der Waals surface area contributed by atoms with Gasteiger partial charge in [0, 0.05) is 11.6 Å². The number of carbonyl (C=O) groups excluding carboxylic acids is 2. The number of carboxylic acid groups (broad SMARTS) is 1. The van der Waals surface area contributed by atoms with Gasteiger partial charge in [-0.15, -0.1) is 0 Å². The van der Waals surface area contributed by atoms with Crippen LogP contribution < -0.4 is 5.32 Å². The molecule has 0 bridgehead atoms. The molecule has 7 heteroatoms. The van der Waals surface area contributed by atoms with Crippen LogP contribution in [0.4, 0.5) is 4.79 Å². The average Bonchev–Trinajstić information content (AvgIpc) is 2.70. The number of carboxylic acids is 1. The molecule has 2 rings (SSSR count). The number of amides is 2. The van der Waals surface area contributed by atoms with Gasteiger partial charge in [0.05, 0.1) is 0 Å². The van der Waals surface area contributed by atoms with Gasteiger partial charge in [0.1, 0.15) is 11.9 Å². The Morgan fingerprint density at radius 1 is 1.07 bits per heavy atom. The second kappa shape index (κ2) is 10.7. The normalized spacial score (nSPS) is 12.9. The van der Waals surface area contributed by atoms with E-state index in [0.29, 0.717) is 24.0 Å². The van der Waals surface area contributed by atoms with Crippen molar-refractivity contribution in [2.75, 3.05) is 0 Å². The molecule has 29 heavy (non-hydrogen) atoms. The first-order valence-corrected chi connectivity index (χ1v) is 9.12. The van der Waals surface area contributed by atoms with Crippen molar-refractivity contribution in [3.63, 3.8) is 0 Å². The Balaban J connectivity index is 2.07. The van der Waals surface area contributed by atoms with Gasteiger partial charge in [-0.2, -0.15) is 0 Å². The van der Waals surface area contributed by atoms with Crippen molar-refractivity contribution in [3.05, 3.63) is 77.9 Å². The molecule has 0 fully saturated rings. The fraction of sp³-hybridized carbons (Fsp3) is 0.227. The number of aromatic hydroxyl groups is 1. The van der Waals surface area contributed by atoms with Gasteiger partial charge >= 0.3 is 12.1 Å². The van der Waals surface area contributed by atoms with Gasteiger partial charge < -0.3 is 14.9 Å². The Labute approximate surface area is 168 Å². The van der Waals surface area contributed by atoms with E-state index in [9.17, 15) is 19.5 Å². The molecule has 7 nitrogen and oxygen atoms in total. The number of carbonyl (C=O) groups is 3. The van der Waals surface area contributed by atoms with Crippen LogP contribution in [0, 0.1) is 5.92 Å². The molecule has 2 atom stereocenters. The van der Waals surface area contributed by atoms with Crippen molar-refractivity contribution < 1.29 is 29.3 Å². The molecular weight excluding hydrogens is 374 g/mol. The smallest absolute Gasteiger partial charge is 0.414 e. The molecule has 0 aliphatic rings. The van der Waals surface area contributed by atoms with E-state index >= 15 is 0 Å². The van der Waals surface area contributed by atoms with Crippen molar-refractivity contribution in [2.24, 2.45) is 5.92 Å². The van der Waals surface area contributed by atoms with E-state index in [4.69, 9.17) is 9.84 Å². The van der Waals surface area contributed by atoms with Gasteiger partial charge in [-0.05, 0) is 48.6 Å². The zero-order valence-corrected chi connectivity index (χ0v) is 15.9. The molecule has 0 heterocycles. The third-order valence-electron chi connectivity index (χ3n) is 4.27. The van der Waals surface area contributed by atoms with E-state index in [1.54, 1.807) is 42.5 Å². The maximum Gasteiger partial charge on any atom is 0.414 e. The number of hydrogen-bond acceptors (Lipinski definition) is 5. The number of alkyl carbamates (subject to hydrolysis) is 1. The van der Waals surface area contributed by atoms with Crippen LogP contribution in [0.25, 0.3) is 0 Å². The van der Waals surface area contributed by atoms with Gasteiger partial charge in [0.25, 0.3) is 5.91 Å². The van der Waals surface area contributed by atoms with Gasteiger partial charge in [-0.25, -0.2) is 9.59 Å².